The summed E-state index contributed by atoms with van der Waals surface area (Å²) in [6.07, 6.45) is 0.830. The topological polar surface area (TPSA) is 99.2 Å². The molecule has 3 rings (SSSR count). The molecular weight excluding hydrogens is 316 g/mol. The van der Waals surface area contributed by atoms with Crippen molar-refractivity contribution in [3.63, 3.8) is 0 Å². The monoisotopic (exact) mass is 334 g/mol. The minimum absolute atomic E-state index is 0.00193. The minimum Gasteiger partial charge on any atom is -0.368 e. The molecule has 0 saturated carbocycles. The third kappa shape index (κ3) is 3.52. The largest absolute Gasteiger partial charge is 0.368 e. The van der Waals surface area contributed by atoms with E-state index in [2.05, 4.69) is 5.32 Å². The first-order chi connectivity index (χ1) is 12.1. The molecule has 2 aromatic carbocycles. The van der Waals surface area contributed by atoms with Crippen molar-refractivity contribution in [2.45, 2.75) is 12.5 Å². The van der Waals surface area contributed by atoms with Gasteiger partial charge in [0.1, 0.15) is 6.04 Å². The van der Waals surface area contributed by atoms with E-state index in [4.69, 9.17) is 11.0 Å². The Labute approximate surface area is 145 Å². The highest BCUT2D eigenvalue weighted by molar-refractivity contribution is 5.97. The van der Waals surface area contributed by atoms with E-state index in [1.54, 1.807) is 29.2 Å². The summed E-state index contributed by atoms with van der Waals surface area (Å²) >= 11 is 0. The fourth-order valence-corrected chi connectivity index (χ4v) is 3.01. The summed E-state index contributed by atoms with van der Waals surface area (Å²) in [6.45, 7) is 0.639. The van der Waals surface area contributed by atoms with Gasteiger partial charge in [0, 0.05) is 12.2 Å². The maximum absolute atomic E-state index is 12.5. The fraction of sp³-hybridized carbons (Fsp3) is 0.211. The van der Waals surface area contributed by atoms with Crippen LogP contribution in [-0.2, 0) is 16.0 Å². The fourth-order valence-electron chi connectivity index (χ4n) is 3.01. The second-order valence-corrected chi connectivity index (χ2v) is 5.87. The number of carbonyl (C=O) groups excluding carboxylic acids is 2. The lowest BCUT2D eigenvalue weighted by molar-refractivity contribution is -0.121. The predicted octanol–water partition coefficient (Wildman–Crippen LogP) is 1.26. The SMILES string of the molecule is N#Cc1ccc(C(NCC(=O)N2CCc3ccccc32)C(N)=O)cc1. The van der Waals surface area contributed by atoms with E-state index in [0.717, 1.165) is 17.7 Å². The van der Waals surface area contributed by atoms with Gasteiger partial charge >= 0.3 is 0 Å². The summed E-state index contributed by atoms with van der Waals surface area (Å²) in [5, 5.41) is 11.8. The van der Waals surface area contributed by atoms with Crippen LogP contribution in [-0.4, -0.2) is 24.9 Å². The van der Waals surface area contributed by atoms with Gasteiger partial charge in [-0.2, -0.15) is 5.26 Å². The van der Waals surface area contributed by atoms with Crippen molar-refractivity contribution in [1.82, 2.24) is 5.32 Å². The highest BCUT2D eigenvalue weighted by Crippen LogP contribution is 2.27. The average Bonchev–Trinajstić information content (AvgIpc) is 3.06. The standard InChI is InChI=1S/C19H18N4O2/c20-11-13-5-7-15(8-6-13)18(19(21)25)22-12-17(24)23-10-9-14-3-1-2-4-16(14)23/h1-8,18,22H,9-10,12H2,(H2,21,25). The smallest absolute Gasteiger partial charge is 0.240 e. The summed E-state index contributed by atoms with van der Waals surface area (Å²) in [5.74, 6) is -0.677. The van der Waals surface area contributed by atoms with E-state index < -0.39 is 11.9 Å². The van der Waals surface area contributed by atoms with E-state index >= 15 is 0 Å². The zero-order valence-corrected chi connectivity index (χ0v) is 13.6. The van der Waals surface area contributed by atoms with E-state index in [9.17, 15) is 9.59 Å². The van der Waals surface area contributed by atoms with Crippen LogP contribution in [0.5, 0.6) is 0 Å². The lowest BCUT2D eigenvalue weighted by Gasteiger charge is -2.20. The van der Waals surface area contributed by atoms with E-state index in [0.29, 0.717) is 17.7 Å². The van der Waals surface area contributed by atoms with Gasteiger partial charge in [-0.1, -0.05) is 30.3 Å². The van der Waals surface area contributed by atoms with Crippen LogP contribution in [0.4, 0.5) is 5.69 Å². The zero-order valence-electron chi connectivity index (χ0n) is 13.6. The Balaban J connectivity index is 1.69. The van der Waals surface area contributed by atoms with Gasteiger partial charge in [0.25, 0.3) is 0 Å². The van der Waals surface area contributed by atoms with Crippen molar-refractivity contribution >= 4 is 17.5 Å². The van der Waals surface area contributed by atoms with Gasteiger partial charge in [-0.05, 0) is 35.7 Å². The summed E-state index contributed by atoms with van der Waals surface area (Å²) in [6, 6.07) is 15.6. The molecule has 1 aliphatic heterocycles. The normalized spacial score (nSPS) is 13.8. The van der Waals surface area contributed by atoms with Crippen molar-refractivity contribution in [2.75, 3.05) is 18.0 Å². The van der Waals surface area contributed by atoms with Gasteiger partial charge in [0.2, 0.25) is 11.8 Å². The van der Waals surface area contributed by atoms with Crippen molar-refractivity contribution in [3.05, 3.63) is 65.2 Å². The Bertz CT molecular complexity index is 839. The molecule has 1 unspecified atom stereocenters. The summed E-state index contributed by atoms with van der Waals surface area (Å²) in [5.41, 5.74) is 8.65. The zero-order chi connectivity index (χ0) is 17.8. The Morgan fingerprint density at radius 3 is 2.60 bits per heavy atom. The molecule has 0 saturated heterocycles. The number of nitrogens with one attached hydrogen (secondary N) is 1. The van der Waals surface area contributed by atoms with Crippen LogP contribution < -0.4 is 16.0 Å². The number of fused-ring (bicyclic) bond motifs is 1. The molecule has 126 valence electrons. The molecule has 1 atom stereocenters. The molecule has 0 bridgehead atoms. The van der Waals surface area contributed by atoms with Gasteiger partial charge in [0.15, 0.2) is 0 Å². The van der Waals surface area contributed by atoms with Crippen LogP contribution in [0, 0.1) is 11.3 Å². The number of carbonyl (C=O) groups is 2. The average molecular weight is 334 g/mol. The number of benzene rings is 2. The third-order valence-electron chi connectivity index (χ3n) is 4.30. The van der Waals surface area contributed by atoms with Crippen LogP contribution in [0.15, 0.2) is 48.5 Å². The molecule has 0 fully saturated rings. The van der Waals surface area contributed by atoms with Gasteiger partial charge in [-0.15, -0.1) is 0 Å². The number of para-hydroxylation sites is 1. The number of primary amides is 1. The Morgan fingerprint density at radius 2 is 1.92 bits per heavy atom. The molecule has 1 aliphatic rings. The maximum Gasteiger partial charge on any atom is 0.240 e. The molecular formula is C19H18N4O2. The summed E-state index contributed by atoms with van der Waals surface area (Å²) < 4.78 is 0. The maximum atomic E-state index is 12.5. The Hall–Kier alpha value is -3.17. The second-order valence-electron chi connectivity index (χ2n) is 5.87. The van der Waals surface area contributed by atoms with Gasteiger partial charge < -0.3 is 10.6 Å². The van der Waals surface area contributed by atoms with E-state index in [1.165, 1.54) is 0 Å². The molecule has 6 heteroatoms. The lowest BCUT2D eigenvalue weighted by atomic mass is 10.0. The molecule has 0 aliphatic carbocycles. The van der Waals surface area contributed by atoms with Crippen molar-refractivity contribution < 1.29 is 9.59 Å². The molecule has 0 radical (unpaired) electrons. The molecule has 0 aromatic heterocycles. The van der Waals surface area contributed by atoms with Gasteiger partial charge in [-0.25, -0.2) is 0 Å². The molecule has 3 N–H and O–H groups in total. The third-order valence-corrected chi connectivity index (χ3v) is 4.30. The number of hydrogen-bond donors (Lipinski definition) is 2. The molecule has 25 heavy (non-hydrogen) atoms. The second kappa shape index (κ2) is 7.16. The van der Waals surface area contributed by atoms with Crippen LogP contribution in [0.1, 0.15) is 22.7 Å². The Morgan fingerprint density at radius 1 is 1.20 bits per heavy atom. The van der Waals surface area contributed by atoms with Crippen LogP contribution in [0.3, 0.4) is 0 Å². The number of nitriles is 1. The minimum atomic E-state index is -0.783. The van der Waals surface area contributed by atoms with Crippen LogP contribution >= 0.6 is 0 Å². The number of nitrogens with two attached hydrogens (primary N) is 1. The highest BCUT2D eigenvalue weighted by atomic mass is 16.2. The summed E-state index contributed by atoms with van der Waals surface area (Å²) in [4.78, 5) is 26.0. The van der Waals surface area contributed by atoms with Crippen molar-refractivity contribution in [3.8, 4) is 6.07 Å². The molecule has 2 amide bonds. The van der Waals surface area contributed by atoms with E-state index in [1.807, 2.05) is 30.3 Å². The highest BCUT2D eigenvalue weighted by Gasteiger charge is 2.25. The van der Waals surface area contributed by atoms with Gasteiger partial charge in [-0.3, -0.25) is 14.9 Å². The molecule has 1 heterocycles. The van der Waals surface area contributed by atoms with Crippen LogP contribution in [0.2, 0.25) is 0 Å². The molecule has 0 spiro atoms. The first kappa shape index (κ1) is 16.7. The number of hydrogen-bond acceptors (Lipinski definition) is 4. The first-order valence-electron chi connectivity index (χ1n) is 8.01. The van der Waals surface area contributed by atoms with E-state index in [-0.39, 0.29) is 12.5 Å². The number of rotatable bonds is 5. The number of amides is 2. The first-order valence-corrected chi connectivity index (χ1v) is 8.01. The van der Waals surface area contributed by atoms with Crippen molar-refractivity contribution in [2.24, 2.45) is 5.73 Å². The number of anilines is 1. The Kier molecular flexibility index (Phi) is 4.78. The summed E-state index contributed by atoms with van der Waals surface area (Å²) in [7, 11) is 0. The van der Waals surface area contributed by atoms with Crippen molar-refractivity contribution in [1.29, 1.82) is 5.26 Å². The lowest BCUT2D eigenvalue weighted by Crippen LogP contribution is -2.42. The van der Waals surface area contributed by atoms with Crippen LogP contribution in [0.25, 0.3) is 0 Å². The number of nitrogens with zero attached hydrogens (tertiary/aromatic N) is 2. The predicted molar refractivity (Wildman–Crippen MR) is 93.6 cm³/mol. The quantitative estimate of drug-likeness (QED) is 0.860. The molecule has 2 aromatic rings. The molecule has 6 nitrogen and oxygen atoms in total. The van der Waals surface area contributed by atoms with Gasteiger partial charge in [0.05, 0.1) is 18.2 Å².